The molecule has 3 heterocycles. The van der Waals surface area contributed by atoms with Crippen molar-refractivity contribution in [2.75, 3.05) is 12.3 Å². The number of nitrogens with two attached hydrogens (primary N) is 1. The molecule has 21 heavy (non-hydrogen) atoms. The predicted molar refractivity (Wildman–Crippen MR) is 75.1 cm³/mol. The molecular formula is C13H15N5O3. The first kappa shape index (κ1) is 13.6. The van der Waals surface area contributed by atoms with Crippen molar-refractivity contribution in [3.05, 3.63) is 16.7 Å². The van der Waals surface area contributed by atoms with E-state index in [9.17, 15) is 9.90 Å². The third-order valence-electron chi connectivity index (χ3n) is 3.68. The van der Waals surface area contributed by atoms with Gasteiger partial charge in [-0.3, -0.25) is 14.3 Å². The molecule has 3 rings (SSSR count). The van der Waals surface area contributed by atoms with E-state index in [0.717, 1.165) is 0 Å². The fraction of sp³-hybridized carbons (Fsp3) is 0.462. The van der Waals surface area contributed by atoms with Crippen molar-refractivity contribution in [1.29, 1.82) is 0 Å². The third-order valence-corrected chi connectivity index (χ3v) is 3.68. The maximum Gasteiger partial charge on any atom is 0.280 e. The van der Waals surface area contributed by atoms with E-state index in [2.05, 4.69) is 20.9 Å². The van der Waals surface area contributed by atoms with Crippen LogP contribution >= 0.6 is 0 Å². The average Bonchev–Trinajstić information content (AvgIpc) is 3.02. The van der Waals surface area contributed by atoms with Crippen LogP contribution in [0.25, 0.3) is 11.2 Å². The van der Waals surface area contributed by atoms with Gasteiger partial charge in [0.25, 0.3) is 5.56 Å². The Balaban J connectivity index is 1.99. The lowest BCUT2D eigenvalue weighted by Crippen LogP contribution is -2.20. The van der Waals surface area contributed by atoms with Gasteiger partial charge < -0.3 is 15.6 Å². The Kier molecular flexibility index (Phi) is 3.37. The molecule has 0 amide bonds. The van der Waals surface area contributed by atoms with E-state index in [-0.39, 0.29) is 36.3 Å². The van der Waals surface area contributed by atoms with Crippen molar-refractivity contribution in [3.63, 3.8) is 0 Å². The maximum atomic E-state index is 11.8. The molecule has 0 spiro atoms. The molecule has 0 saturated carbocycles. The van der Waals surface area contributed by atoms with Crippen molar-refractivity contribution in [3.8, 4) is 12.3 Å². The summed E-state index contributed by atoms with van der Waals surface area (Å²) in [6.45, 7) is -0.106. The minimum atomic E-state index is -0.395. The molecule has 0 aromatic carbocycles. The fourth-order valence-electron chi connectivity index (χ4n) is 2.67. The number of nitrogens with zero attached hydrogens (tertiary/aromatic N) is 3. The second kappa shape index (κ2) is 5.20. The monoisotopic (exact) mass is 289 g/mol. The van der Waals surface area contributed by atoms with Crippen LogP contribution in [-0.4, -0.2) is 37.3 Å². The Morgan fingerprint density at radius 3 is 3.19 bits per heavy atom. The Morgan fingerprint density at radius 1 is 1.67 bits per heavy atom. The number of fused-ring (bicyclic) bond motifs is 1. The molecule has 110 valence electrons. The Labute approximate surface area is 120 Å². The minimum absolute atomic E-state index is 0.0196. The molecule has 1 fully saturated rings. The van der Waals surface area contributed by atoms with E-state index < -0.39 is 5.56 Å². The Morgan fingerprint density at radius 2 is 2.48 bits per heavy atom. The Hall–Kier alpha value is -2.37. The summed E-state index contributed by atoms with van der Waals surface area (Å²) in [5.41, 5.74) is 5.73. The molecule has 1 aliphatic heterocycles. The first-order chi connectivity index (χ1) is 10.1. The van der Waals surface area contributed by atoms with E-state index >= 15 is 0 Å². The van der Waals surface area contributed by atoms with E-state index in [4.69, 9.17) is 16.9 Å². The van der Waals surface area contributed by atoms with Gasteiger partial charge in [-0.25, -0.2) is 4.98 Å². The minimum Gasteiger partial charge on any atom is -0.394 e. The summed E-state index contributed by atoms with van der Waals surface area (Å²) in [4.78, 5) is 22.3. The molecule has 2 aromatic rings. The zero-order valence-corrected chi connectivity index (χ0v) is 11.2. The standard InChI is InChI=1S/C13H15N5O3/c1-2-3-7-4-9(21-8(7)5-19)18-6-15-10-11(18)16-13(14)17-12(10)20/h1,6-9,19H,3-5H2,(H3,14,16,17,20)/t7-,8+,9+/m0/s1. The van der Waals surface area contributed by atoms with E-state index in [0.29, 0.717) is 18.5 Å². The van der Waals surface area contributed by atoms with Gasteiger partial charge in [0.15, 0.2) is 11.2 Å². The number of hydrogen-bond donors (Lipinski definition) is 3. The highest BCUT2D eigenvalue weighted by Crippen LogP contribution is 2.36. The molecule has 8 nitrogen and oxygen atoms in total. The molecule has 4 N–H and O–H groups in total. The summed E-state index contributed by atoms with van der Waals surface area (Å²) in [6.07, 6.45) is 7.26. The number of nitrogen functional groups attached to an aromatic ring is 1. The first-order valence-electron chi connectivity index (χ1n) is 6.56. The van der Waals surface area contributed by atoms with Crippen LogP contribution in [0.4, 0.5) is 5.95 Å². The number of aromatic amines is 1. The molecule has 1 saturated heterocycles. The van der Waals surface area contributed by atoms with Crippen LogP contribution < -0.4 is 11.3 Å². The molecule has 0 bridgehead atoms. The summed E-state index contributed by atoms with van der Waals surface area (Å²) in [5, 5.41) is 9.37. The van der Waals surface area contributed by atoms with Crippen LogP contribution in [0.15, 0.2) is 11.1 Å². The smallest absolute Gasteiger partial charge is 0.280 e. The van der Waals surface area contributed by atoms with Crippen LogP contribution in [0.2, 0.25) is 0 Å². The van der Waals surface area contributed by atoms with E-state index in [1.165, 1.54) is 6.33 Å². The highest BCUT2D eigenvalue weighted by atomic mass is 16.5. The number of nitrogens with one attached hydrogen (secondary N) is 1. The van der Waals surface area contributed by atoms with Gasteiger partial charge in [0.05, 0.1) is 19.0 Å². The molecule has 8 heteroatoms. The summed E-state index contributed by atoms with van der Waals surface area (Å²) < 4.78 is 7.45. The number of aromatic nitrogens is 4. The number of ether oxygens (including phenoxy) is 1. The zero-order valence-electron chi connectivity index (χ0n) is 11.2. The summed E-state index contributed by atoms with van der Waals surface area (Å²) >= 11 is 0. The summed E-state index contributed by atoms with van der Waals surface area (Å²) in [6, 6.07) is 0. The fourth-order valence-corrected chi connectivity index (χ4v) is 2.67. The number of aliphatic hydroxyl groups excluding tert-OH is 1. The largest absolute Gasteiger partial charge is 0.394 e. The van der Waals surface area contributed by atoms with Crippen molar-refractivity contribution >= 4 is 17.1 Å². The predicted octanol–water partition coefficient (Wildman–Crippen LogP) is -0.379. The number of rotatable bonds is 3. The second-order valence-corrected chi connectivity index (χ2v) is 4.99. The molecule has 1 aliphatic rings. The number of hydrogen-bond acceptors (Lipinski definition) is 6. The molecule has 3 atom stereocenters. The van der Waals surface area contributed by atoms with Gasteiger partial charge in [-0.2, -0.15) is 4.98 Å². The van der Waals surface area contributed by atoms with Gasteiger partial charge in [-0.1, -0.05) is 0 Å². The van der Waals surface area contributed by atoms with Crippen molar-refractivity contribution < 1.29 is 9.84 Å². The van der Waals surface area contributed by atoms with Crippen LogP contribution in [0.5, 0.6) is 0 Å². The zero-order chi connectivity index (χ0) is 15.0. The molecule has 2 aromatic heterocycles. The van der Waals surface area contributed by atoms with Gasteiger partial charge in [0.1, 0.15) is 6.23 Å². The number of imidazole rings is 1. The topological polar surface area (TPSA) is 119 Å². The summed E-state index contributed by atoms with van der Waals surface area (Å²) in [5.74, 6) is 2.67. The van der Waals surface area contributed by atoms with Crippen molar-refractivity contribution in [1.82, 2.24) is 19.5 Å². The highest BCUT2D eigenvalue weighted by molar-refractivity contribution is 5.70. The van der Waals surface area contributed by atoms with E-state index in [1.807, 2.05) is 0 Å². The number of terminal acetylenes is 1. The lowest BCUT2D eigenvalue weighted by atomic mass is 9.98. The molecule has 0 aliphatic carbocycles. The van der Waals surface area contributed by atoms with Crippen LogP contribution in [0.1, 0.15) is 19.1 Å². The number of aliphatic hydroxyl groups is 1. The van der Waals surface area contributed by atoms with Crippen LogP contribution in [0.3, 0.4) is 0 Å². The van der Waals surface area contributed by atoms with Gasteiger partial charge in [-0.05, 0) is 6.42 Å². The highest BCUT2D eigenvalue weighted by Gasteiger charge is 2.36. The maximum absolute atomic E-state index is 11.8. The van der Waals surface area contributed by atoms with Crippen molar-refractivity contribution in [2.45, 2.75) is 25.2 Å². The van der Waals surface area contributed by atoms with Gasteiger partial charge in [0, 0.05) is 12.3 Å². The number of H-pyrrole nitrogens is 1. The summed E-state index contributed by atoms with van der Waals surface area (Å²) in [7, 11) is 0. The lowest BCUT2D eigenvalue weighted by molar-refractivity contribution is -0.0287. The third kappa shape index (κ3) is 2.26. The average molecular weight is 289 g/mol. The molecule has 0 radical (unpaired) electrons. The van der Waals surface area contributed by atoms with Crippen molar-refractivity contribution in [2.24, 2.45) is 5.92 Å². The van der Waals surface area contributed by atoms with Crippen LogP contribution in [-0.2, 0) is 4.74 Å². The lowest BCUT2D eigenvalue weighted by Gasteiger charge is -2.14. The SMILES string of the molecule is C#CC[C@H]1C[C@H](n2cnc3c(=O)[nH]c(N)nc32)O[C@@H]1CO. The van der Waals surface area contributed by atoms with Gasteiger partial charge >= 0.3 is 0 Å². The van der Waals surface area contributed by atoms with E-state index in [1.54, 1.807) is 4.57 Å². The number of anilines is 1. The van der Waals surface area contributed by atoms with Gasteiger partial charge in [0.2, 0.25) is 5.95 Å². The molecular weight excluding hydrogens is 274 g/mol. The molecule has 0 unspecified atom stereocenters. The first-order valence-corrected chi connectivity index (χ1v) is 6.56. The normalized spacial score (nSPS) is 25.2. The second-order valence-electron chi connectivity index (χ2n) is 4.99. The quantitative estimate of drug-likeness (QED) is 0.663. The Bertz CT molecular complexity index is 759. The van der Waals surface area contributed by atoms with Crippen LogP contribution in [0, 0.1) is 18.3 Å². The van der Waals surface area contributed by atoms with Gasteiger partial charge in [-0.15, -0.1) is 12.3 Å².